The highest BCUT2D eigenvalue weighted by Crippen LogP contribution is 2.32. The molecule has 0 aliphatic carbocycles. The Morgan fingerprint density at radius 2 is 0.844 bits per heavy atom. The number of rotatable bonds is 25. The van der Waals surface area contributed by atoms with E-state index in [2.05, 4.69) is 27.7 Å². The summed E-state index contributed by atoms with van der Waals surface area (Å²) >= 11 is 0. The maximum absolute atomic E-state index is 12.8. The summed E-state index contributed by atoms with van der Waals surface area (Å²) in [6.45, 7) is 9.51. The van der Waals surface area contributed by atoms with Crippen LogP contribution in [0.4, 0.5) is 0 Å². The molecule has 0 heterocycles. The first kappa shape index (κ1) is 31.5. The lowest BCUT2D eigenvalue weighted by atomic mass is 9.80. The summed E-state index contributed by atoms with van der Waals surface area (Å²) in [4.78, 5) is 12.8. The van der Waals surface area contributed by atoms with Crippen molar-refractivity contribution in [1.82, 2.24) is 0 Å². The molecule has 0 radical (unpaired) electrons. The molecular weight excluding hydrogens is 392 g/mol. The third-order valence-electron chi connectivity index (χ3n) is 7.14. The molecule has 0 spiro atoms. The van der Waals surface area contributed by atoms with Gasteiger partial charge in [-0.1, -0.05) is 149 Å². The minimum Gasteiger partial charge on any atom is -0.465 e. The van der Waals surface area contributed by atoms with Crippen molar-refractivity contribution in [2.75, 3.05) is 6.61 Å². The Balaban J connectivity index is 3.71. The quantitative estimate of drug-likeness (QED) is 0.102. The van der Waals surface area contributed by atoms with Crippen molar-refractivity contribution in [2.24, 2.45) is 5.41 Å². The largest absolute Gasteiger partial charge is 0.465 e. The zero-order valence-electron chi connectivity index (χ0n) is 22.8. The molecule has 0 bridgehead atoms. The first-order valence-electron chi connectivity index (χ1n) is 14.8. The SMILES string of the molecule is CCCCCCCCCCCCCCCCOC(=O)C(C)(CCCC)CCCCCCC. The van der Waals surface area contributed by atoms with E-state index in [4.69, 9.17) is 4.74 Å². The smallest absolute Gasteiger partial charge is 0.311 e. The van der Waals surface area contributed by atoms with E-state index < -0.39 is 0 Å². The van der Waals surface area contributed by atoms with E-state index in [1.807, 2.05) is 0 Å². The zero-order chi connectivity index (χ0) is 23.8. The standard InChI is InChI=1S/C30H60O2/c1-5-8-11-13-14-15-16-17-18-19-20-21-23-25-28-32-29(31)30(4,26-10-7-3)27-24-22-12-9-6-2/h5-28H2,1-4H3. The van der Waals surface area contributed by atoms with E-state index in [1.165, 1.54) is 109 Å². The Labute approximate surface area is 203 Å². The van der Waals surface area contributed by atoms with Crippen molar-refractivity contribution < 1.29 is 9.53 Å². The van der Waals surface area contributed by atoms with Gasteiger partial charge in [0, 0.05) is 0 Å². The van der Waals surface area contributed by atoms with Gasteiger partial charge in [-0.25, -0.2) is 0 Å². The normalized spacial score (nSPS) is 13.2. The molecule has 0 amide bonds. The zero-order valence-corrected chi connectivity index (χ0v) is 22.8. The maximum atomic E-state index is 12.8. The van der Waals surface area contributed by atoms with E-state index in [-0.39, 0.29) is 11.4 Å². The summed E-state index contributed by atoms with van der Waals surface area (Å²) in [7, 11) is 0. The number of hydrogen-bond acceptors (Lipinski definition) is 2. The lowest BCUT2D eigenvalue weighted by molar-refractivity contribution is -0.156. The highest BCUT2D eigenvalue weighted by atomic mass is 16.5. The molecule has 0 aliphatic rings. The highest BCUT2D eigenvalue weighted by molar-refractivity contribution is 5.76. The van der Waals surface area contributed by atoms with Crippen LogP contribution in [0.1, 0.15) is 175 Å². The van der Waals surface area contributed by atoms with Crippen LogP contribution in [0.5, 0.6) is 0 Å². The summed E-state index contributed by atoms with van der Waals surface area (Å²) < 4.78 is 5.75. The van der Waals surface area contributed by atoms with Gasteiger partial charge in [-0.15, -0.1) is 0 Å². The van der Waals surface area contributed by atoms with Crippen molar-refractivity contribution in [3.05, 3.63) is 0 Å². The van der Waals surface area contributed by atoms with E-state index in [1.54, 1.807) is 0 Å². The molecule has 2 heteroatoms. The van der Waals surface area contributed by atoms with Crippen LogP contribution in [0.25, 0.3) is 0 Å². The van der Waals surface area contributed by atoms with E-state index in [9.17, 15) is 4.79 Å². The number of carbonyl (C=O) groups is 1. The van der Waals surface area contributed by atoms with Crippen LogP contribution >= 0.6 is 0 Å². The van der Waals surface area contributed by atoms with Crippen LogP contribution < -0.4 is 0 Å². The lowest BCUT2D eigenvalue weighted by Crippen LogP contribution is -2.30. The molecule has 0 saturated carbocycles. The number of unbranched alkanes of at least 4 members (excludes halogenated alkanes) is 18. The third kappa shape index (κ3) is 19.0. The van der Waals surface area contributed by atoms with Gasteiger partial charge in [-0.3, -0.25) is 4.79 Å². The van der Waals surface area contributed by atoms with Crippen LogP contribution in [0.15, 0.2) is 0 Å². The summed E-state index contributed by atoms with van der Waals surface area (Å²) in [6, 6.07) is 0. The fourth-order valence-corrected chi connectivity index (χ4v) is 4.65. The Morgan fingerprint density at radius 3 is 1.28 bits per heavy atom. The van der Waals surface area contributed by atoms with Crippen molar-refractivity contribution in [2.45, 2.75) is 175 Å². The molecule has 0 N–H and O–H groups in total. The minimum atomic E-state index is -0.266. The lowest BCUT2D eigenvalue weighted by Gasteiger charge is -2.27. The topological polar surface area (TPSA) is 26.3 Å². The van der Waals surface area contributed by atoms with Crippen molar-refractivity contribution >= 4 is 5.97 Å². The Hall–Kier alpha value is -0.530. The molecule has 0 aromatic rings. The van der Waals surface area contributed by atoms with Gasteiger partial charge in [-0.05, 0) is 26.2 Å². The van der Waals surface area contributed by atoms with E-state index in [0.29, 0.717) is 6.61 Å². The predicted molar refractivity (Wildman–Crippen MR) is 142 cm³/mol. The van der Waals surface area contributed by atoms with Gasteiger partial charge >= 0.3 is 5.97 Å². The van der Waals surface area contributed by atoms with Gasteiger partial charge in [0.1, 0.15) is 0 Å². The summed E-state index contributed by atoms with van der Waals surface area (Å²) in [5.74, 6) is 0.0659. The van der Waals surface area contributed by atoms with Crippen LogP contribution in [-0.4, -0.2) is 12.6 Å². The minimum absolute atomic E-state index is 0.0659. The first-order valence-corrected chi connectivity index (χ1v) is 14.8. The summed E-state index contributed by atoms with van der Waals surface area (Å²) in [5, 5.41) is 0. The van der Waals surface area contributed by atoms with Crippen molar-refractivity contribution in [3.8, 4) is 0 Å². The summed E-state index contributed by atoms with van der Waals surface area (Å²) in [6.07, 6.45) is 29.5. The van der Waals surface area contributed by atoms with Crippen LogP contribution in [0.2, 0.25) is 0 Å². The molecule has 0 fully saturated rings. The molecule has 2 nitrogen and oxygen atoms in total. The molecular formula is C30H60O2. The Morgan fingerprint density at radius 1 is 0.500 bits per heavy atom. The van der Waals surface area contributed by atoms with Crippen LogP contribution in [0, 0.1) is 5.41 Å². The maximum Gasteiger partial charge on any atom is 0.311 e. The summed E-state index contributed by atoms with van der Waals surface area (Å²) in [5.41, 5.74) is -0.266. The molecule has 0 aromatic heterocycles. The fraction of sp³-hybridized carbons (Fsp3) is 0.967. The second-order valence-corrected chi connectivity index (χ2v) is 10.6. The molecule has 192 valence electrons. The second kappa shape index (κ2) is 23.6. The van der Waals surface area contributed by atoms with E-state index >= 15 is 0 Å². The number of esters is 1. The van der Waals surface area contributed by atoms with E-state index in [0.717, 1.165) is 38.5 Å². The average molecular weight is 453 g/mol. The van der Waals surface area contributed by atoms with Crippen LogP contribution in [0.3, 0.4) is 0 Å². The number of ether oxygens (including phenoxy) is 1. The molecule has 1 atom stereocenters. The second-order valence-electron chi connectivity index (χ2n) is 10.6. The highest BCUT2D eigenvalue weighted by Gasteiger charge is 2.33. The molecule has 32 heavy (non-hydrogen) atoms. The molecule has 1 unspecified atom stereocenters. The molecule has 0 saturated heterocycles. The van der Waals surface area contributed by atoms with Gasteiger partial charge in [0.05, 0.1) is 12.0 Å². The molecule has 0 aromatic carbocycles. The monoisotopic (exact) mass is 452 g/mol. The molecule has 0 aliphatic heterocycles. The fourth-order valence-electron chi connectivity index (χ4n) is 4.65. The van der Waals surface area contributed by atoms with Gasteiger partial charge in [0.25, 0.3) is 0 Å². The Kier molecular flexibility index (Phi) is 23.2. The van der Waals surface area contributed by atoms with Gasteiger partial charge in [0.15, 0.2) is 0 Å². The average Bonchev–Trinajstić information content (AvgIpc) is 2.80. The van der Waals surface area contributed by atoms with Crippen molar-refractivity contribution in [1.29, 1.82) is 0 Å². The predicted octanol–water partition coefficient (Wildman–Crippen LogP) is 10.6. The van der Waals surface area contributed by atoms with Crippen LogP contribution in [-0.2, 0) is 9.53 Å². The Bertz CT molecular complexity index is 392. The van der Waals surface area contributed by atoms with Gasteiger partial charge < -0.3 is 4.74 Å². The van der Waals surface area contributed by atoms with Crippen molar-refractivity contribution in [3.63, 3.8) is 0 Å². The number of carbonyl (C=O) groups excluding carboxylic acids is 1. The molecule has 0 rings (SSSR count). The first-order chi connectivity index (χ1) is 15.6. The van der Waals surface area contributed by atoms with Gasteiger partial charge in [0.2, 0.25) is 0 Å². The van der Waals surface area contributed by atoms with Gasteiger partial charge in [-0.2, -0.15) is 0 Å². The third-order valence-corrected chi connectivity index (χ3v) is 7.14. The number of hydrogen-bond donors (Lipinski definition) is 0.